The number of carbonyl (C=O) groups excluding carboxylic acids is 1. The average molecular weight is 325 g/mol. The molecule has 1 N–H and O–H groups in total. The van der Waals surface area contributed by atoms with Gasteiger partial charge in [0.1, 0.15) is 5.01 Å². The highest BCUT2D eigenvalue weighted by atomic mass is 32.1. The molecule has 6 heteroatoms. The summed E-state index contributed by atoms with van der Waals surface area (Å²) in [6.45, 7) is 12.4. The highest BCUT2D eigenvalue weighted by molar-refractivity contribution is 7.09. The number of morpholine rings is 1. The Hall–Kier alpha value is -0.980. The highest BCUT2D eigenvalue weighted by Crippen LogP contribution is 2.19. The number of hydrogen-bond donors (Lipinski definition) is 1. The van der Waals surface area contributed by atoms with E-state index in [4.69, 9.17) is 4.74 Å². The largest absolute Gasteiger partial charge is 0.373 e. The Balaban J connectivity index is 1.98. The van der Waals surface area contributed by atoms with Crippen LogP contribution in [0.5, 0.6) is 0 Å². The smallest absolute Gasteiger partial charge is 0.237 e. The quantitative estimate of drug-likeness (QED) is 0.902. The molecule has 1 aromatic rings. The van der Waals surface area contributed by atoms with Gasteiger partial charge in [0.05, 0.1) is 24.8 Å². The fourth-order valence-electron chi connectivity index (χ4n) is 3.09. The summed E-state index contributed by atoms with van der Waals surface area (Å²) in [5.41, 5.74) is 1.01. The van der Waals surface area contributed by atoms with Crippen molar-refractivity contribution in [3.8, 4) is 0 Å². The summed E-state index contributed by atoms with van der Waals surface area (Å²) >= 11 is 1.59. The van der Waals surface area contributed by atoms with E-state index >= 15 is 0 Å². The van der Waals surface area contributed by atoms with E-state index in [1.807, 2.05) is 12.3 Å². The van der Waals surface area contributed by atoms with Crippen molar-refractivity contribution in [3.05, 3.63) is 16.1 Å². The fraction of sp³-hybridized carbons (Fsp3) is 0.750. The van der Waals surface area contributed by atoms with E-state index in [1.165, 1.54) is 0 Å². The van der Waals surface area contributed by atoms with Gasteiger partial charge in [-0.15, -0.1) is 11.3 Å². The summed E-state index contributed by atoms with van der Waals surface area (Å²) in [7, 11) is 0. The molecule has 1 fully saturated rings. The Bertz CT molecular complexity index is 493. The first-order valence-corrected chi connectivity index (χ1v) is 8.83. The normalized spacial score (nSPS) is 24.5. The van der Waals surface area contributed by atoms with Crippen molar-refractivity contribution in [1.29, 1.82) is 0 Å². The van der Waals surface area contributed by atoms with Crippen LogP contribution in [0.4, 0.5) is 0 Å². The summed E-state index contributed by atoms with van der Waals surface area (Å²) < 4.78 is 5.78. The Morgan fingerprint density at radius 3 is 2.59 bits per heavy atom. The molecule has 1 aromatic heterocycles. The van der Waals surface area contributed by atoms with Crippen LogP contribution in [0, 0.1) is 12.8 Å². The second-order valence-electron chi connectivity index (χ2n) is 6.50. The molecule has 0 aliphatic carbocycles. The summed E-state index contributed by atoms with van der Waals surface area (Å²) in [5.74, 6) is 0.347. The van der Waals surface area contributed by atoms with Gasteiger partial charge in [-0.3, -0.25) is 9.69 Å². The lowest BCUT2D eigenvalue weighted by atomic mass is 9.99. The lowest BCUT2D eigenvalue weighted by Crippen LogP contribution is -2.56. The van der Waals surface area contributed by atoms with Crippen LogP contribution >= 0.6 is 11.3 Å². The van der Waals surface area contributed by atoms with Crippen LogP contribution in [0.25, 0.3) is 0 Å². The van der Waals surface area contributed by atoms with Gasteiger partial charge in [0.15, 0.2) is 0 Å². The molecular formula is C16H27N3O2S. The van der Waals surface area contributed by atoms with Crippen molar-refractivity contribution >= 4 is 17.2 Å². The lowest BCUT2D eigenvalue weighted by molar-refractivity contribution is -0.135. The van der Waals surface area contributed by atoms with Gasteiger partial charge in [-0.05, 0) is 26.7 Å². The molecule has 2 rings (SSSR count). The first kappa shape index (κ1) is 17.4. The number of ether oxygens (including phenoxy) is 1. The number of carbonyl (C=O) groups is 1. The Morgan fingerprint density at radius 2 is 2.09 bits per heavy atom. The van der Waals surface area contributed by atoms with E-state index in [1.54, 1.807) is 11.3 Å². The van der Waals surface area contributed by atoms with Gasteiger partial charge in [0.2, 0.25) is 5.91 Å². The minimum absolute atomic E-state index is 0.0872. The molecule has 1 saturated heterocycles. The van der Waals surface area contributed by atoms with Gasteiger partial charge in [0, 0.05) is 24.2 Å². The van der Waals surface area contributed by atoms with Crippen molar-refractivity contribution < 1.29 is 9.53 Å². The summed E-state index contributed by atoms with van der Waals surface area (Å²) in [6.07, 6.45) is 0.332. The third kappa shape index (κ3) is 4.51. The van der Waals surface area contributed by atoms with E-state index in [2.05, 4.69) is 42.9 Å². The summed E-state index contributed by atoms with van der Waals surface area (Å²) in [6, 6.07) is -0.116. The van der Waals surface area contributed by atoms with E-state index in [0.717, 1.165) is 23.8 Å². The van der Waals surface area contributed by atoms with E-state index in [0.29, 0.717) is 6.54 Å². The number of rotatable bonds is 5. The molecule has 3 atom stereocenters. The van der Waals surface area contributed by atoms with E-state index < -0.39 is 0 Å². The zero-order chi connectivity index (χ0) is 16.3. The van der Waals surface area contributed by atoms with Crippen molar-refractivity contribution in [2.24, 2.45) is 5.92 Å². The maximum atomic E-state index is 12.7. The molecule has 0 bridgehead atoms. The molecule has 1 aliphatic rings. The van der Waals surface area contributed by atoms with Gasteiger partial charge >= 0.3 is 0 Å². The second-order valence-corrected chi connectivity index (χ2v) is 7.44. The maximum absolute atomic E-state index is 12.7. The first-order valence-electron chi connectivity index (χ1n) is 7.95. The molecule has 124 valence electrons. The average Bonchev–Trinajstić information content (AvgIpc) is 2.81. The molecule has 22 heavy (non-hydrogen) atoms. The zero-order valence-corrected chi connectivity index (χ0v) is 14.9. The van der Waals surface area contributed by atoms with Gasteiger partial charge in [0.25, 0.3) is 0 Å². The highest BCUT2D eigenvalue weighted by Gasteiger charge is 2.34. The maximum Gasteiger partial charge on any atom is 0.237 e. The zero-order valence-electron chi connectivity index (χ0n) is 14.1. The number of aromatic nitrogens is 1. The summed E-state index contributed by atoms with van der Waals surface area (Å²) in [4.78, 5) is 19.3. The van der Waals surface area contributed by atoms with Crippen LogP contribution in [0.2, 0.25) is 0 Å². The fourth-order valence-corrected chi connectivity index (χ4v) is 3.80. The molecule has 2 heterocycles. The van der Waals surface area contributed by atoms with Gasteiger partial charge in [-0.2, -0.15) is 0 Å². The molecular weight excluding hydrogens is 298 g/mol. The van der Waals surface area contributed by atoms with Crippen LogP contribution in [-0.4, -0.2) is 47.1 Å². The van der Waals surface area contributed by atoms with Crippen molar-refractivity contribution in [3.63, 3.8) is 0 Å². The molecule has 0 spiro atoms. The number of thiazole rings is 1. The molecule has 0 aromatic carbocycles. The minimum atomic E-state index is -0.116. The first-order chi connectivity index (χ1) is 10.4. The van der Waals surface area contributed by atoms with Crippen LogP contribution in [0.1, 0.15) is 38.4 Å². The third-order valence-corrected chi connectivity index (χ3v) is 4.79. The molecule has 1 amide bonds. The predicted octanol–water partition coefficient (Wildman–Crippen LogP) is 2.20. The third-order valence-electron chi connectivity index (χ3n) is 3.82. The van der Waals surface area contributed by atoms with E-state index in [-0.39, 0.29) is 30.1 Å². The van der Waals surface area contributed by atoms with Gasteiger partial charge in [-0.25, -0.2) is 4.98 Å². The number of amides is 1. The van der Waals surface area contributed by atoms with Crippen LogP contribution < -0.4 is 5.32 Å². The van der Waals surface area contributed by atoms with Gasteiger partial charge in [-0.1, -0.05) is 13.8 Å². The molecule has 0 saturated carbocycles. The van der Waals surface area contributed by atoms with Crippen LogP contribution in [-0.2, 0) is 16.1 Å². The number of aryl methyl sites for hydroxylation is 1. The number of nitrogens with zero attached hydrogens (tertiary/aromatic N) is 2. The van der Waals surface area contributed by atoms with E-state index in [9.17, 15) is 4.79 Å². The predicted molar refractivity (Wildman–Crippen MR) is 88.9 cm³/mol. The van der Waals surface area contributed by atoms with Crippen molar-refractivity contribution in [1.82, 2.24) is 15.2 Å². The molecule has 3 unspecified atom stereocenters. The molecule has 1 aliphatic heterocycles. The van der Waals surface area contributed by atoms with Crippen molar-refractivity contribution in [2.45, 2.75) is 59.4 Å². The van der Waals surface area contributed by atoms with Gasteiger partial charge < -0.3 is 10.1 Å². The topological polar surface area (TPSA) is 54.5 Å². The molecule has 0 radical (unpaired) electrons. The number of hydrogen-bond acceptors (Lipinski definition) is 5. The summed E-state index contributed by atoms with van der Waals surface area (Å²) in [5, 5.41) is 6.01. The monoisotopic (exact) mass is 325 g/mol. The standard InChI is InChI=1S/C16H27N3O2S/c1-10(2)15(19-7-12(4)21-13(5)8-19)16(20)17-6-14-18-11(3)9-22-14/h9-10,12-13,15H,6-8H2,1-5H3,(H,17,20). The Kier molecular flexibility index (Phi) is 5.94. The Morgan fingerprint density at radius 1 is 1.45 bits per heavy atom. The second kappa shape index (κ2) is 7.53. The SMILES string of the molecule is Cc1csc(CNC(=O)C(C(C)C)N2CC(C)OC(C)C2)n1. The lowest BCUT2D eigenvalue weighted by Gasteiger charge is -2.40. The van der Waals surface area contributed by atoms with Crippen LogP contribution in [0.3, 0.4) is 0 Å². The number of nitrogens with one attached hydrogen (secondary N) is 1. The molecule has 5 nitrogen and oxygen atoms in total. The van der Waals surface area contributed by atoms with Crippen LogP contribution in [0.15, 0.2) is 5.38 Å². The minimum Gasteiger partial charge on any atom is -0.373 e. The van der Waals surface area contributed by atoms with Crippen molar-refractivity contribution in [2.75, 3.05) is 13.1 Å². The Labute approximate surface area is 137 Å².